The first kappa shape index (κ1) is 42.7. The SMILES string of the molecule is C#CCN(Cc1ccc2nc(N)[nH]c(=O)c2c1)c1ccc(C(=O)NC(CCC(=O)OSSCCCCC(=O)N[C@@H](CCC(=O)O)C(=O)NC)C(=O)O)cc1. The van der Waals surface area contributed by atoms with Crippen LogP contribution in [-0.2, 0) is 34.7 Å². The minimum Gasteiger partial charge on any atom is -0.481 e. The van der Waals surface area contributed by atoms with Gasteiger partial charge in [0, 0.05) is 49.9 Å². The van der Waals surface area contributed by atoms with Crippen molar-refractivity contribution in [2.75, 3.05) is 30.0 Å². The molecule has 54 heavy (non-hydrogen) atoms. The van der Waals surface area contributed by atoms with E-state index in [2.05, 4.69) is 31.8 Å². The number of aliphatic carboxylic acids is 2. The second-order valence-electron chi connectivity index (χ2n) is 11.8. The van der Waals surface area contributed by atoms with E-state index in [4.69, 9.17) is 21.4 Å². The Morgan fingerprint density at radius 2 is 1.72 bits per heavy atom. The summed E-state index contributed by atoms with van der Waals surface area (Å²) in [6, 6.07) is 9.24. The normalized spacial score (nSPS) is 11.8. The summed E-state index contributed by atoms with van der Waals surface area (Å²) in [5.74, 6) is -1.47. The number of terminal acetylenes is 1. The van der Waals surface area contributed by atoms with Crippen molar-refractivity contribution in [3.05, 3.63) is 63.9 Å². The van der Waals surface area contributed by atoms with Gasteiger partial charge in [0.1, 0.15) is 23.2 Å². The summed E-state index contributed by atoms with van der Waals surface area (Å²) >= 11 is 0.811. The maximum Gasteiger partial charge on any atom is 0.326 e. The predicted octanol–water partition coefficient (Wildman–Crippen LogP) is 2.21. The number of nitrogen functional groups attached to an aromatic ring is 1. The van der Waals surface area contributed by atoms with Gasteiger partial charge in [-0.2, -0.15) is 0 Å². The number of unbranched alkanes of at least 4 members (excludes halogenated alkanes) is 1. The minimum absolute atomic E-state index is 0.0154. The molecule has 1 aromatic heterocycles. The van der Waals surface area contributed by atoms with Gasteiger partial charge in [0.25, 0.3) is 11.5 Å². The van der Waals surface area contributed by atoms with Gasteiger partial charge in [0.15, 0.2) is 0 Å². The number of fused-ring (bicyclic) bond motifs is 1. The molecule has 0 saturated carbocycles. The summed E-state index contributed by atoms with van der Waals surface area (Å²) in [7, 11) is 2.61. The molecular formula is C35H41N7O10S2. The molecule has 2 atom stereocenters. The van der Waals surface area contributed by atoms with Gasteiger partial charge in [-0.25, -0.2) is 9.78 Å². The third-order valence-electron chi connectivity index (χ3n) is 7.78. The van der Waals surface area contributed by atoms with E-state index in [-0.39, 0.29) is 61.6 Å². The van der Waals surface area contributed by atoms with Gasteiger partial charge in [0.2, 0.25) is 17.8 Å². The molecule has 17 nitrogen and oxygen atoms in total. The number of H-pyrrole nitrogens is 1. The average molecular weight is 784 g/mol. The number of likely N-dealkylation sites (N-methyl/N-ethyl adjacent to an activating group) is 1. The second-order valence-corrected chi connectivity index (χ2v) is 13.8. The number of anilines is 2. The number of rotatable bonds is 22. The summed E-state index contributed by atoms with van der Waals surface area (Å²) < 4.78 is 5.08. The van der Waals surface area contributed by atoms with Crippen LogP contribution in [0.2, 0.25) is 0 Å². The number of nitrogens with two attached hydrogens (primary N) is 1. The lowest BCUT2D eigenvalue weighted by Gasteiger charge is -2.23. The van der Waals surface area contributed by atoms with E-state index in [0.29, 0.717) is 41.7 Å². The number of carboxylic acids is 2. The lowest BCUT2D eigenvalue weighted by Crippen LogP contribution is -2.45. The summed E-state index contributed by atoms with van der Waals surface area (Å²) in [6.07, 6.45) is 5.99. The number of amides is 3. The quantitative estimate of drug-likeness (QED) is 0.0333. The fourth-order valence-corrected chi connectivity index (χ4v) is 6.54. The number of carbonyl (C=O) groups excluding carboxylic acids is 4. The van der Waals surface area contributed by atoms with Gasteiger partial charge in [-0.15, -0.1) is 6.42 Å². The summed E-state index contributed by atoms with van der Waals surface area (Å²) in [6.45, 7) is 0.552. The summed E-state index contributed by atoms with van der Waals surface area (Å²) in [5, 5.41) is 26.2. The molecule has 0 aliphatic carbocycles. The third-order valence-corrected chi connectivity index (χ3v) is 9.58. The highest BCUT2D eigenvalue weighted by Crippen LogP contribution is 2.25. The number of hydrogen-bond acceptors (Lipinski definition) is 13. The molecule has 0 saturated heterocycles. The fourth-order valence-electron chi connectivity index (χ4n) is 5.02. The first-order valence-electron chi connectivity index (χ1n) is 16.6. The molecular weight excluding hydrogens is 743 g/mol. The van der Waals surface area contributed by atoms with E-state index in [9.17, 15) is 38.7 Å². The van der Waals surface area contributed by atoms with Crippen molar-refractivity contribution in [3.8, 4) is 12.3 Å². The summed E-state index contributed by atoms with van der Waals surface area (Å²) in [4.78, 5) is 92.6. The summed E-state index contributed by atoms with van der Waals surface area (Å²) in [5.41, 5.74) is 7.34. The average Bonchev–Trinajstić information content (AvgIpc) is 3.14. The molecule has 0 aliphatic heterocycles. The molecule has 8 N–H and O–H groups in total. The number of carboxylic acid groups (broad SMARTS) is 2. The van der Waals surface area contributed by atoms with Gasteiger partial charge in [-0.1, -0.05) is 22.8 Å². The van der Waals surface area contributed by atoms with E-state index in [1.807, 2.05) is 4.90 Å². The molecule has 0 spiro atoms. The Labute approximate surface area is 318 Å². The molecule has 288 valence electrons. The maximum absolute atomic E-state index is 12.9. The molecule has 0 aliphatic rings. The number of carbonyl (C=O) groups is 6. The molecule has 1 heterocycles. The van der Waals surface area contributed by atoms with Gasteiger partial charge in [-0.05, 0) is 67.6 Å². The lowest BCUT2D eigenvalue weighted by molar-refractivity contribution is -0.140. The molecule has 0 fully saturated rings. The van der Waals surface area contributed by atoms with Crippen LogP contribution in [0.3, 0.4) is 0 Å². The van der Waals surface area contributed by atoms with Crippen LogP contribution >= 0.6 is 21.9 Å². The fraction of sp³-hybridized carbons (Fsp3) is 0.371. The Morgan fingerprint density at radius 1 is 1.00 bits per heavy atom. The van der Waals surface area contributed by atoms with Crippen LogP contribution in [0.25, 0.3) is 10.9 Å². The van der Waals surface area contributed by atoms with E-state index < -0.39 is 41.8 Å². The van der Waals surface area contributed by atoms with Crippen molar-refractivity contribution in [3.63, 3.8) is 0 Å². The van der Waals surface area contributed by atoms with Crippen LogP contribution < -0.4 is 32.1 Å². The first-order chi connectivity index (χ1) is 25.8. The van der Waals surface area contributed by atoms with Crippen molar-refractivity contribution >= 4 is 80.0 Å². The number of aromatic amines is 1. The predicted molar refractivity (Wildman–Crippen MR) is 204 cm³/mol. The van der Waals surface area contributed by atoms with Gasteiger partial charge < -0.3 is 41.0 Å². The molecule has 0 radical (unpaired) electrons. The number of aromatic nitrogens is 2. The molecule has 19 heteroatoms. The van der Waals surface area contributed by atoms with E-state index in [0.717, 1.165) is 16.6 Å². The van der Waals surface area contributed by atoms with Gasteiger partial charge >= 0.3 is 17.9 Å². The van der Waals surface area contributed by atoms with Crippen molar-refractivity contribution < 1.29 is 43.2 Å². The molecule has 3 aromatic rings. The standard InChI is InChI=1S/C35H41N7O10S2/c1-3-17-42(20-21-7-12-25-24(19-21)32(48)41-35(36)40-25)23-10-8-22(9-11-23)31(47)39-27(34(50)51)14-16-30(46)52-54-53-18-5-4-6-28(43)38-26(33(49)37-2)13-15-29(44)45/h1,7-12,19,26-27H,4-6,13-18,20H2,2H3,(H,37,49)(H,38,43)(H,39,47)(H,44,45)(H,50,51)(H3,36,40,41,48)/t26-,27?/m0/s1. The van der Waals surface area contributed by atoms with E-state index in [1.165, 1.54) is 30.0 Å². The lowest BCUT2D eigenvalue weighted by atomic mass is 10.1. The first-order valence-corrected chi connectivity index (χ1v) is 18.9. The highest BCUT2D eigenvalue weighted by molar-refractivity contribution is 8.75. The molecule has 3 rings (SSSR count). The third kappa shape index (κ3) is 14.0. The van der Waals surface area contributed by atoms with Crippen LogP contribution in [0.4, 0.5) is 11.6 Å². The molecule has 2 aromatic carbocycles. The van der Waals surface area contributed by atoms with Crippen LogP contribution in [0.15, 0.2) is 47.3 Å². The van der Waals surface area contributed by atoms with Crippen molar-refractivity contribution in [2.24, 2.45) is 0 Å². The van der Waals surface area contributed by atoms with Gasteiger partial charge in [0.05, 0.1) is 17.4 Å². The number of nitrogens with one attached hydrogen (secondary N) is 4. The highest BCUT2D eigenvalue weighted by Gasteiger charge is 2.23. The number of hydrogen-bond donors (Lipinski definition) is 7. The Hall–Kier alpha value is -5.74. The number of benzene rings is 2. The molecule has 0 bridgehead atoms. The van der Waals surface area contributed by atoms with E-state index in [1.54, 1.807) is 30.3 Å². The monoisotopic (exact) mass is 783 g/mol. The Morgan fingerprint density at radius 3 is 2.39 bits per heavy atom. The van der Waals surface area contributed by atoms with Crippen LogP contribution in [-0.4, -0.2) is 87.2 Å². The number of nitrogens with zero attached hydrogens (tertiary/aromatic N) is 2. The second kappa shape index (κ2) is 21.7. The molecule has 3 amide bonds. The smallest absolute Gasteiger partial charge is 0.326 e. The topological polar surface area (TPSA) is 263 Å². The largest absolute Gasteiger partial charge is 0.481 e. The minimum atomic E-state index is -1.36. The Bertz CT molecular complexity index is 1920. The van der Waals surface area contributed by atoms with Crippen molar-refractivity contribution in [1.82, 2.24) is 25.9 Å². The zero-order valence-electron chi connectivity index (χ0n) is 29.3. The highest BCUT2D eigenvalue weighted by atomic mass is 33.1. The Kier molecular flexibility index (Phi) is 17.2. The molecule has 1 unspecified atom stereocenters. The van der Waals surface area contributed by atoms with Crippen molar-refractivity contribution in [1.29, 1.82) is 0 Å². The van der Waals surface area contributed by atoms with Crippen LogP contribution in [0, 0.1) is 12.3 Å². The van der Waals surface area contributed by atoms with E-state index >= 15 is 0 Å². The zero-order valence-corrected chi connectivity index (χ0v) is 30.9. The zero-order chi connectivity index (χ0) is 39.6. The van der Waals surface area contributed by atoms with Crippen LogP contribution in [0.5, 0.6) is 0 Å². The Balaban J connectivity index is 1.41. The van der Waals surface area contributed by atoms with Crippen LogP contribution in [0.1, 0.15) is 60.9 Å². The van der Waals surface area contributed by atoms with Gasteiger partial charge in [-0.3, -0.25) is 33.8 Å². The van der Waals surface area contributed by atoms with Crippen molar-refractivity contribution in [2.45, 2.75) is 63.6 Å². The maximum atomic E-state index is 12.9.